The van der Waals surface area contributed by atoms with E-state index >= 15 is 0 Å². The molecule has 22 heavy (non-hydrogen) atoms. The maximum atomic E-state index is 3.83. The molecule has 0 radical (unpaired) electrons. The molecular formula is C20H25AsSi. The van der Waals surface area contributed by atoms with Crippen molar-refractivity contribution in [3.05, 3.63) is 60.7 Å². The molecule has 114 valence electrons. The first-order chi connectivity index (χ1) is 10.7. The summed E-state index contributed by atoms with van der Waals surface area (Å²) >= 11 is -1.50. The molecule has 0 aliphatic carbocycles. The summed E-state index contributed by atoms with van der Waals surface area (Å²) in [6.45, 7) is 6.99. The molecule has 0 aliphatic rings. The zero-order valence-corrected chi connectivity index (χ0v) is 16.7. The minimum absolute atomic E-state index is 1.28. The average Bonchev–Trinajstić information content (AvgIpc) is 2.61. The van der Waals surface area contributed by atoms with Gasteiger partial charge in [-0.25, -0.2) is 0 Å². The molecule has 0 aromatic heterocycles. The first kappa shape index (κ1) is 17.1. The van der Waals surface area contributed by atoms with Crippen molar-refractivity contribution in [3.8, 4) is 10.3 Å². The van der Waals surface area contributed by atoms with Gasteiger partial charge in [0.05, 0.1) is 0 Å². The van der Waals surface area contributed by atoms with E-state index in [0.29, 0.717) is 0 Å². The second kappa shape index (κ2) is 8.42. The van der Waals surface area contributed by atoms with Crippen LogP contribution in [-0.2, 0) is 0 Å². The molecule has 2 aromatic rings. The van der Waals surface area contributed by atoms with Crippen LogP contribution in [0.3, 0.4) is 0 Å². The minimum atomic E-state index is -1.50. The fourth-order valence-corrected chi connectivity index (χ4v) is 10.3. The van der Waals surface area contributed by atoms with Crippen LogP contribution in [0, 0.1) is 10.3 Å². The van der Waals surface area contributed by atoms with E-state index in [9.17, 15) is 0 Å². The number of rotatable bonds is 5. The molecule has 0 aliphatic heterocycles. The fraction of sp³-hybridized carbons (Fsp3) is 0.300. The third kappa shape index (κ3) is 4.16. The van der Waals surface area contributed by atoms with Crippen molar-refractivity contribution in [2.24, 2.45) is 0 Å². The fourth-order valence-electron chi connectivity index (χ4n) is 2.62. The second-order valence-corrected chi connectivity index (χ2v) is 14.6. The van der Waals surface area contributed by atoms with Crippen LogP contribution in [0.1, 0.15) is 20.8 Å². The molecule has 2 heteroatoms. The Morgan fingerprint density at radius 3 is 1.50 bits per heavy atom. The summed E-state index contributed by atoms with van der Waals surface area (Å²) in [6.07, 6.45) is 0. The van der Waals surface area contributed by atoms with E-state index in [2.05, 4.69) is 91.7 Å². The van der Waals surface area contributed by atoms with Crippen molar-refractivity contribution in [1.29, 1.82) is 0 Å². The van der Waals surface area contributed by atoms with Gasteiger partial charge in [-0.2, -0.15) is 0 Å². The molecule has 0 heterocycles. The van der Waals surface area contributed by atoms with E-state index in [1.165, 1.54) is 26.8 Å². The molecule has 0 bridgehead atoms. The summed E-state index contributed by atoms with van der Waals surface area (Å²) < 4.78 is 6.69. The van der Waals surface area contributed by atoms with Crippen molar-refractivity contribution >= 4 is 31.4 Å². The molecule has 0 spiro atoms. The Morgan fingerprint density at radius 2 is 1.14 bits per heavy atom. The van der Waals surface area contributed by atoms with Gasteiger partial charge in [0.25, 0.3) is 0 Å². The van der Waals surface area contributed by atoms with Crippen LogP contribution in [0.15, 0.2) is 60.7 Å². The molecule has 0 atom stereocenters. The van der Waals surface area contributed by atoms with Crippen molar-refractivity contribution in [2.45, 2.75) is 38.9 Å². The number of hydrogen-bond donors (Lipinski definition) is 0. The zero-order chi connectivity index (χ0) is 15.8. The van der Waals surface area contributed by atoms with Crippen LogP contribution in [-0.4, -0.2) is 22.7 Å². The molecule has 0 amide bonds. The van der Waals surface area contributed by atoms with Gasteiger partial charge in [0.1, 0.15) is 0 Å². The third-order valence-electron chi connectivity index (χ3n) is 4.49. The van der Waals surface area contributed by atoms with E-state index in [0.717, 1.165) is 0 Å². The summed E-state index contributed by atoms with van der Waals surface area (Å²) in [5, 5.41) is 0. The summed E-state index contributed by atoms with van der Waals surface area (Å²) in [7, 11) is -1.37. The van der Waals surface area contributed by atoms with Crippen LogP contribution < -0.4 is 8.70 Å². The van der Waals surface area contributed by atoms with Crippen molar-refractivity contribution in [1.82, 2.24) is 0 Å². The monoisotopic (exact) mass is 368 g/mol. The van der Waals surface area contributed by atoms with Crippen LogP contribution in [0.5, 0.6) is 0 Å². The van der Waals surface area contributed by atoms with Gasteiger partial charge in [0, 0.05) is 0 Å². The van der Waals surface area contributed by atoms with Gasteiger partial charge in [-0.3, -0.25) is 0 Å². The SMILES string of the molecule is CC[Si](C#C[As](c1ccccc1)c1ccccc1)(CC)CC. The molecule has 0 N–H and O–H groups in total. The van der Waals surface area contributed by atoms with Crippen molar-refractivity contribution < 1.29 is 0 Å². The standard InChI is InChI=1S/C20H25AsSi/c1-4-22(5-2,6-3)18-17-21(19-13-9-7-10-14-19)20-15-11-8-12-16-20/h7-16H,4-6H2,1-3H3. The molecule has 0 saturated heterocycles. The second-order valence-electron chi connectivity index (χ2n) is 5.58. The van der Waals surface area contributed by atoms with E-state index in [1.54, 1.807) is 0 Å². The summed E-state index contributed by atoms with van der Waals surface area (Å²) in [4.78, 5) is 0. The van der Waals surface area contributed by atoms with E-state index in [4.69, 9.17) is 0 Å². The van der Waals surface area contributed by atoms with Gasteiger partial charge in [-0.15, -0.1) is 0 Å². The van der Waals surface area contributed by atoms with Gasteiger partial charge in [-0.1, -0.05) is 0 Å². The third-order valence-corrected chi connectivity index (χ3v) is 13.8. The van der Waals surface area contributed by atoms with Gasteiger partial charge in [0.15, 0.2) is 0 Å². The topological polar surface area (TPSA) is 0 Å². The summed E-state index contributed by atoms with van der Waals surface area (Å²) in [5.41, 5.74) is 3.83. The van der Waals surface area contributed by atoms with Crippen LogP contribution in [0.2, 0.25) is 18.1 Å². The molecule has 0 unspecified atom stereocenters. The predicted octanol–water partition coefficient (Wildman–Crippen LogP) is 3.89. The summed E-state index contributed by atoms with van der Waals surface area (Å²) in [6, 6.07) is 25.6. The zero-order valence-electron chi connectivity index (χ0n) is 13.8. The average molecular weight is 368 g/mol. The Labute approximate surface area is 141 Å². The quantitative estimate of drug-likeness (QED) is 0.555. The molecule has 2 rings (SSSR count). The van der Waals surface area contributed by atoms with Gasteiger partial charge in [-0.05, 0) is 0 Å². The Kier molecular flexibility index (Phi) is 6.56. The summed E-state index contributed by atoms with van der Waals surface area (Å²) in [5.74, 6) is 0. The molecule has 0 nitrogen and oxygen atoms in total. The van der Waals surface area contributed by atoms with Crippen LogP contribution >= 0.6 is 0 Å². The first-order valence-corrected chi connectivity index (χ1v) is 13.6. The van der Waals surface area contributed by atoms with Crippen molar-refractivity contribution in [2.75, 3.05) is 0 Å². The van der Waals surface area contributed by atoms with Gasteiger partial charge in [0.2, 0.25) is 0 Å². The van der Waals surface area contributed by atoms with Gasteiger partial charge >= 0.3 is 141 Å². The Balaban J connectivity index is 2.43. The normalized spacial score (nSPS) is 11.1. The van der Waals surface area contributed by atoms with E-state index in [1.807, 2.05) is 0 Å². The van der Waals surface area contributed by atoms with Gasteiger partial charge < -0.3 is 0 Å². The Hall–Kier alpha value is -1.22. The Morgan fingerprint density at radius 1 is 0.727 bits per heavy atom. The van der Waals surface area contributed by atoms with Crippen LogP contribution in [0.25, 0.3) is 0 Å². The molecule has 0 fully saturated rings. The van der Waals surface area contributed by atoms with Crippen molar-refractivity contribution in [3.63, 3.8) is 0 Å². The molecule has 0 saturated carbocycles. The maximum absolute atomic E-state index is 3.83. The van der Waals surface area contributed by atoms with E-state index in [-0.39, 0.29) is 0 Å². The number of hydrogen-bond acceptors (Lipinski definition) is 0. The first-order valence-electron chi connectivity index (χ1n) is 8.17. The predicted molar refractivity (Wildman–Crippen MR) is 103 cm³/mol. The number of benzene rings is 2. The van der Waals surface area contributed by atoms with Crippen LogP contribution in [0.4, 0.5) is 0 Å². The molecular weight excluding hydrogens is 343 g/mol. The van der Waals surface area contributed by atoms with E-state index < -0.39 is 22.7 Å². The Bertz CT molecular complexity index is 573. The molecule has 2 aromatic carbocycles.